The number of unbranched alkanes of at least 4 members (excludes halogenated alkanes) is 9. The highest BCUT2D eigenvalue weighted by atomic mass is 16.5. The lowest BCUT2D eigenvalue weighted by Gasteiger charge is -2.21. The molecule has 0 aliphatic carbocycles. The van der Waals surface area contributed by atoms with Crippen LogP contribution in [0.4, 0.5) is 0 Å². The summed E-state index contributed by atoms with van der Waals surface area (Å²) in [6.45, 7) is 4.54. The summed E-state index contributed by atoms with van der Waals surface area (Å²) >= 11 is 0. The molecule has 1 unspecified atom stereocenters. The first-order valence-electron chi connectivity index (χ1n) is 12.3. The van der Waals surface area contributed by atoms with Crippen LogP contribution in [0.15, 0.2) is 48.5 Å². The molecule has 0 radical (unpaired) electrons. The maximum absolute atomic E-state index is 10.1. The van der Waals surface area contributed by atoms with E-state index in [2.05, 4.69) is 26.0 Å². The average Bonchev–Trinajstić information content (AvgIpc) is 2.77. The van der Waals surface area contributed by atoms with Gasteiger partial charge in [0.25, 0.3) is 0 Å². The normalized spacial score (nSPS) is 12.1. The van der Waals surface area contributed by atoms with Gasteiger partial charge in [-0.25, -0.2) is 0 Å². The average molecular weight is 411 g/mol. The van der Waals surface area contributed by atoms with E-state index in [9.17, 15) is 5.11 Å². The van der Waals surface area contributed by atoms with Crippen LogP contribution in [-0.2, 0) is 0 Å². The Balaban J connectivity index is 2.02. The second kappa shape index (κ2) is 14.9. The maximum Gasteiger partial charge on any atom is 0.169 e. The van der Waals surface area contributed by atoms with Crippen LogP contribution in [0.2, 0.25) is 0 Å². The summed E-state index contributed by atoms with van der Waals surface area (Å²) in [6.07, 6.45) is 17.0. The number of benzene rings is 2. The molecule has 2 aromatic carbocycles. The molecule has 1 atom stereocenters. The summed E-state index contributed by atoms with van der Waals surface area (Å²) in [7, 11) is 0. The largest absolute Gasteiger partial charge is 0.504 e. The van der Waals surface area contributed by atoms with Gasteiger partial charge in [-0.1, -0.05) is 115 Å². The molecule has 0 amide bonds. The molecule has 0 aliphatic rings. The molecule has 2 heteroatoms. The van der Waals surface area contributed by atoms with E-state index >= 15 is 0 Å². The fraction of sp³-hybridized carbons (Fsp3) is 0.571. The molecule has 0 heterocycles. The number of hydrogen-bond donors (Lipinski definition) is 1. The van der Waals surface area contributed by atoms with Gasteiger partial charge in [0, 0.05) is 0 Å². The zero-order valence-electron chi connectivity index (χ0n) is 19.2. The van der Waals surface area contributed by atoms with Crippen molar-refractivity contribution >= 4 is 0 Å². The van der Waals surface area contributed by atoms with Gasteiger partial charge >= 0.3 is 0 Å². The van der Waals surface area contributed by atoms with E-state index in [-0.39, 0.29) is 5.75 Å². The highest BCUT2D eigenvalue weighted by Gasteiger charge is 2.17. The topological polar surface area (TPSA) is 29.5 Å². The van der Waals surface area contributed by atoms with E-state index in [0.29, 0.717) is 11.7 Å². The zero-order chi connectivity index (χ0) is 21.4. The van der Waals surface area contributed by atoms with Crippen LogP contribution in [0.1, 0.15) is 109 Å². The van der Waals surface area contributed by atoms with Crippen molar-refractivity contribution in [2.75, 3.05) is 0 Å². The van der Waals surface area contributed by atoms with Gasteiger partial charge in [0.2, 0.25) is 0 Å². The standard InChI is InChI=1S/C28H42O2/c1-3-5-7-9-10-11-13-19-24(18-12-8-6-4-2)25-20-14-16-22-27(25)30-28-23-17-15-21-26(28)29/h14-17,20-24,29H,3-13,18-19H2,1-2H3. The molecule has 2 rings (SSSR count). The van der Waals surface area contributed by atoms with Gasteiger partial charge in [0.05, 0.1) is 0 Å². The third-order valence-electron chi connectivity index (χ3n) is 6.01. The Morgan fingerprint density at radius 2 is 1.13 bits per heavy atom. The van der Waals surface area contributed by atoms with Gasteiger partial charge in [0.15, 0.2) is 11.5 Å². The molecule has 2 aromatic rings. The van der Waals surface area contributed by atoms with Gasteiger partial charge in [0.1, 0.15) is 5.75 Å². The molecule has 2 nitrogen and oxygen atoms in total. The van der Waals surface area contributed by atoms with Gasteiger partial charge in [-0.05, 0) is 42.5 Å². The fourth-order valence-corrected chi connectivity index (χ4v) is 4.19. The predicted molar refractivity (Wildman–Crippen MR) is 129 cm³/mol. The fourth-order valence-electron chi connectivity index (χ4n) is 4.19. The summed E-state index contributed by atoms with van der Waals surface area (Å²) in [5.41, 5.74) is 1.29. The third kappa shape index (κ3) is 8.81. The van der Waals surface area contributed by atoms with Crippen LogP contribution in [0.25, 0.3) is 0 Å². The summed E-state index contributed by atoms with van der Waals surface area (Å²) in [6, 6.07) is 15.7. The van der Waals surface area contributed by atoms with Crippen molar-refractivity contribution in [2.45, 2.75) is 103 Å². The van der Waals surface area contributed by atoms with E-state index < -0.39 is 0 Å². The third-order valence-corrected chi connectivity index (χ3v) is 6.01. The number of rotatable bonds is 16. The van der Waals surface area contributed by atoms with Gasteiger partial charge in [-0.15, -0.1) is 0 Å². The molecule has 0 saturated carbocycles. The monoisotopic (exact) mass is 410 g/mol. The van der Waals surface area contributed by atoms with Crippen molar-refractivity contribution in [3.8, 4) is 17.2 Å². The molecule has 1 N–H and O–H groups in total. The molecule has 0 spiro atoms. The molecule has 0 aromatic heterocycles. The Kier molecular flexibility index (Phi) is 12.1. The number of phenolic OH excluding ortho intramolecular Hbond substituents is 1. The van der Waals surface area contributed by atoms with Crippen LogP contribution < -0.4 is 4.74 Å². The second-order valence-electron chi connectivity index (χ2n) is 8.56. The Labute approximate surface area is 184 Å². The van der Waals surface area contributed by atoms with E-state index in [1.54, 1.807) is 6.07 Å². The van der Waals surface area contributed by atoms with Crippen LogP contribution in [0.3, 0.4) is 0 Å². The quantitative estimate of drug-likeness (QED) is 0.279. The SMILES string of the molecule is CCCCCCCCCC(CCCCCC)c1ccccc1Oc1ccccc1O. The summed E-state index contributed by atoms with van der Waals surface area (Å²) in [4.78, 5) is 0. The van der Waals surface area contributed by atoms with E-state index in [4.69, 9.17) is 4.74 Å². The van der Waals surface area contributed by atoms with Gasteiger partial charge < -0.3 is 9.84 Å². The molecule has 0 bridgehead atoms. The van der Waals surface area contributed by atoms with Crippen molar-refractivity contribution in [3.63, 3.8) is 0 Å². The lowest BCUT2D eigenvalue weighted by molar-refractivity contribution is 0.402. The van der Waals surface area contributed by atoms with E-state index in [0.717, 1.165) is 5.75 Å². The first-order valence-corrected chi connectivity index (χ1v) is 12.3. The number of aromatic hydroxyl groups is 1. The predicted octanol–water partition coefficient (Wildman–Crippen LogP) is 9.38. The van der Waals surface area contributed by atoms with Crippen LogP contribution in [0, 0.1) is 0 Å². The van der Waals surface area contributed by atoms with Crippen molar-refractivity contribution < 1.29 is 9.84 Å². The molecular weight excluding hydrogens is 368 g/mol. The van der Waals surface area contributed by atoms with Crippen LogP contribution in [-0.4, -0.2) is 5.11 Å². The first-order chi connectivity index (χ1) is 14.8. The summed E-state index contributed by atoms with van der Waals surface area (Å²) in [5.74, 6) is 2.14. The molecule has 0 saturated heterocycles. The summed E-state index contributed by atoms with van der Waals surface area (Å²) < 4.78 is 6.17. The van der Waals surface area contributed by atoms with Gasteiger partial charge in [-0.3, -0.25) is 0 Å². The van der Waals surface area contributed by atoms with Crippen molar-refractivity contribution in [1.29, 1.82) is 0 Å². The second-order valence-corrected chi connectivity index (χ2v) is 8.56. The molecule has 30 heavy (non-hydrogen) atoms. The van der Waals surface area contributed by atoms with Crippen molar-refractivity contribution in [2.24, 2.45) is 0 Å². The summed E-state index contributed by atoms with van der Waals surface area (Å²) in [5, 5.41) is 10.1. The Hall–Kier alpha value is -1.96. The maximum atomic E-state index is 10.1. The molecule has 166 valence electrons. The minimum Gasteiger partial charge on any atom is -0.504 e. The Morgan fingerprint density at radius 3 is 1.77 bits per heavy atom. The molecular formula is C28H42O2. The van der Waals surface area contributed by atoms with Crippen molar-refractivity contribution in [3.05, 3.63) is 54.1 Å². The number of hydrogen-bond acceptors (Lipinski definition) is 2. The molecule has 0 aliphatic heterocycles. The van der Waals surface area contributed by atoms with E-state index in [1.807, 2.05) is 30.3 Å². The zero-order valence-corrected chi connectivity index (χ0v) is 19.2. The Morgan fingerprint density at radius 1 is 0.633 bits per heavy atom. The van der Waals surface area contributed by atoms with Crippen molar-refractivity contribution in [1.82, 2.24) is 0 Å². The van der Waals surface area contributed by atoms with Crippen LogP contribution >= 0.6 is 0 Å². The minimum absolute atomic E-state index is 0.193. The van der Waals surface area contributed by atoms with E-state index in [1.165, 1.54) is 89.0 Å². The lowest BCUT2D eigenvalue weighted by atomic mass is 9.87. The number of phenols is 1. The Bertz CT molecular complexity index is 695. The lowest BCUT2D eigenvalue weighted by Crippen LogP contribution is -2.02. The van der Waals surface area contributed by atoms with Gasteiger partial charge in [-0.2, -0.15) is 0 Å². The molecule has 0 fully saturated rings. The number of ether oxygens (including phenoxy) is 1. The van der Waals surface area contributed by atoms with Crippen LogP contribution in [0.5, 0.6) is 17.2 Å². The minimum atomic E-state index is 0.193. The number of para-hydroxylation sites is 3. The first kappa shape index (κ1) is 24.3. The highest BCUT2D eigenvalue weighted by molar-refractivity contribution is 5.45. The smallest absolute Gasteiger partial charge is 0.169 e. The highest BCUT2D eigenvalue weighted by Crippen LogP contribution is 2.38.